The highest BCUT2D eigenvalue weighted by molar-refractivity contribution is 5.86. The van der Waals surface area contributed by atoms with Crippen molar-refractivity contribution in [1.82, 2.24) is 5.32 Å². The lowest BCUT2D eigenvalue weighted by atomic mass is 9.84. The van der Waals surface area contributed by atoms with E-state index in [0.29, 0.717) is 11.3 Å². The van der Waals surface area contributed by atoms with Crippen LogP contribution in [0.1, 0.15) is 31.4 Å². The molecule has 1 saturated heterocycles. The first-order chi connectivity index (χ1) is 10.3. The van der Waals surface area contributed by atoms with Crippen LogP contribution in [0.5, 0.6) is 0 Å². The molecule has 0 radical (unpaired) electrons. The Kier molecular flexibility index (Phi) is 4.22. The van der Waals surface area contributed by atoms with E-state index in [4.69, 9.17) is 4.74 Å². The molecule has 0 spiro atoms. The lowest BCUT2D eigenvalue weighted by molar-refractivity contribution is 0.0784. The standard InChI is InChI=1S/C18H22FNO/c1-3-17-15(10-11-21-17)18(20-2)14-8-9-16(19)13-7-5-4-6-12(13)14/h4-9,15,17-18,20H,3,10-11H2,1-2H3. The summed E-state index contributed by atoms with van der Waals surface area (Å²) in [6.07, 6.45) is 2.35. The van der Waals surface area contributed by atoms with Gasteiger partial charge in [0.25, 0.3) is 0 Å². The molecule has 2 aromatic carbocycles. The van der Waals surface area contributed by atoms with Gasteiger partial charge in [0.2, 0.25) is 0 Å². The quantitative estimate of drug-likeness (QED) is 0.916. The molecule has 1 aliphatic rings. The smallest absolute Gasteiger partial charge is 0.131 e. The fourth-order valence-corrected chi connectivity index (χ4v) is 3.62. The Morgan fingerprint density at radius 3 is 2.71 bits per heavy atom. The molecule has 3 atom stereocenters. The van der Waals surface area contributed by atoms with Gasteiger partial charge in [-0.2, -0.15) is 0 Å². The molecule has 0 amide bonds. The third kappa shape index (κ3) is 2.56. The highest BCUT2D eigenvalue weighted by Crippen LogP contribution is 2.37. The lowest BCUT2D eigenvalue weighted by Gasteiger charge is -2.28. The fourth-order valence-electron chi connectivity index (χ4n) is 3.62. The summed E-state index contributed by atoms with van der Waals surface area (Å²) in [6.45, 7) is 2.99. The van der Waals surface area contributed by atoms with Crippen molar-refractivity contribution in [3.8, 4) is 0 Å². The van der Waals surface area contributed by atoms with Gasteiger partial charge >= 0.3 is 0 Å². The van der Waals surface area contributed by atoms with Gasteiger partial charge in [0.1, 0.15) is 5.82 Å². The van der Waals surface area contributed by atoms with Crippen molar-refractivity contribution < 1.29 is 9.13 Å². The van der Waals surface area contributed by atoms with Gasteiger partial charge in [-0.15, -0.1) is 0 Å². The summed E-state index contributed by atoms with van der Waals surface area (Å²) in [7, 11) is 1.98. The van der Waals surface area contributed by atoms with Crippen molar-refractivity contribution in [1.29, 1.82) is 0 Å². The Bertz CT molecular complexity index is 628. The van der Waals surface area contributed by atoms with Crippen LogP contribution in [0.25, 0.3) is 10.8 Å². The van der Waals surface area contributed by atoms with Crippen LogP contribution in [0.4, 0.5) is 4.39 Å². The van der Waals surface area contributed by atoms with E-state index in [2.05, 4.69) is 12.2 Å². The minimum atomic E-state index is -0.154. The molecule has 0 bridgehead atoms. The molecule has 112 valence electrons. The Labute approximate surface area is 125 Å². The molecule has 3 unspecified atom stereocenters. The third-order valence-electron chi connectivity index (χ3n) is 4.64. The van der Waals surface area contributed by atoms with Gasteiger partial charge in [0.05, 0.1) is 6.10 Å². The average Bonchev–Trinajstić information content (AvgIpc) is 2.99. The number of hydrogen-bond donors (Lipinski definition) is 1. The second-order valence-corrected chi connectivity index (χ2v) is 5.72. The van der Waals surface area contributed by atoms with E-state index in [1.54, 1.807) is 6.07 Å². The maximum Gasteiger partial charge on any atom is 0.131 e. The molecule has 1 fully saturated rings. The molecular weight excluding hydrogens is 265 g/mol. The summed E-state index contributed by atoms with van der Waals surface area (Å²) in [5, 5.41) is 5.13. The largest absolute Gasteiger partial charge is 0.378 e. The van der Waals surface area contributed by atoms with Crippen LogP contribution in [0.15, 0.2) is 36.4 Å². The molecule has 0 aromatic heterocycles. The molecule has 0 saturated carbocycles. The molecule has 21 heavy (non-hydrogen) atoms. The average molecular weight is 287 g/mol. The predicted molar refractivity (Wildman–Crippen MR) is 83.8 cm³/mol. The van der Waals surface area contributed by atoms with E-state index in [-0.39, 0.29) is 18.0 Å². The maximum absolute atomic E-state index is 14.0. The van der Waals surface area contributed by atoms with Gasteiger partial charge < -0.3 is 10.1 Å². The van der Waals surface area contributed by atoms with Crippen molar-refractivity contribution in [2.24, 2.45) is 5.92 Å². The third-order valence-corrected chi connectivity index (χ3v) is 4.64. The first-order valence-corrected chi connectivity index (χ1v) is 7.72. The van der Waals surface area contributed by atoms with Crippen molar-refractivity contribution in [3.63, 3.8) is 0 Å². The lowest BCUT2D eigenvalue weighted by Crippen LogP contribution is -2.30. The van der Waals surface area contributed by atoms with E-state index in [1.807, 2.05) is 37.4 Å². The van der Waals surface area contributed by atoms with Gasteiger partial charge in [0.15, 0.2) is 0 Å². The van der Waals surface area contributed by atoms with Crippen molar-refractivity contribution in [2.75, 3.05) is 13.7 Å². The van der Waals surface area contributed by atoms with E-state index in [0.717, 1.165) is 24.8 Å². The van der Waals surface area contributed by atoms with Crippen LogP contribution in [-0.4, -0.2) is 19.8 Å². The van der Waals surface area contributed by atoms with Crippen LogP contribution < -0.4 is 5.32 Å². The first-order valence-electron chi connectivity index (χ1n) is 7.72. The zero-order valence-corrected chi connectivity index (χ0v) is 12.6. The fraction of sp³-hybridized carbons (Fsp3) is 0.444. The van der Waals surface area contributed by atoms with Crippen LogP contribution in [0, 0.1) is 11.7 Å². The number of halogens is 1. The summed E-state index contributed by atoms with van der Waals surface area (Å²) in [4.78, 5) is 0. The van der Waals surface area contributed by atoms with Gasteiger partial charge in [0, 0.05) is 24.0 Å². The molecule has 2 nitrogen and oxygen atoms in total. The minimum Gasteiger partial charge on any atom is -0.378 e. The Morgan fingerprint density at radius 1 is 1.24 bits per heavy atom. The molecule has 3 heteroatoms. The number of hydrogen-bond acceptors (Lipinski definition) is 2. The minimum absolute atomic E-state index is 0.154. The van der Waals surface area contributed by atoms with Gasteiger partial charge in [-0.05, 0) is 36.9 Å². The van der Waals surface area contributed by atoms with Crippen LogP contribution >= 0.6 is 0 Å². The predicted octanol–water partition coefficient (Wildman–Crippen LogP) is 4.05. The van der Waals surface area contributed by atoms with Crippen LogP contribution in [0.2, 0.25) is 0 Å². The van der Waals surface area contributed by atoms with Gasteiger partial charge in [-0.3, -0.25) is 0 Å². The van der Waals surface area contributed by atoms with Crippen molar-refractivity contribution in [2.45, 2.75) is 31.9 Å². The Hall–Kier alpha value is -1.45. The van der Waals surface area contributed by atoms with E-state index < -0.39 is 0 Å². The number of benzene rings is 2. The summed E-state index contributed by atoms with van der Waals surface area (Å²) in [6, 6.07) is 11.4. The number of nitrogens with one attached hydrogen (secondary N) is 1. The van der Waals surface area contributed by atoms with Crippen molar-refractivity contribution in [3.05, 3.63) is 47.8 Å². The second kappa shape index (κ2) is 6.12. The van der Waals surface area contributed by atoms with E-state index >= 15 is 0 Å². The monoisotopic (exact) mass is 287 g/mol. The molecule has 1 N–H and O–H groups in total. The summed E-state index contributed by atoms with van der Waals surface area (Å²) in [5.74, 6) is 0.285. The topological polar surface area (TPSA) is 21.3 Å². The zero-order valence-electron chi connectivity index (χ0n) is 12.6. The number of fused-ring (bicyclic) bond motifs is 1. The number of rotatable bonds is 4. The van der Waals surface area contributed by atoms with Gasteiger partial charge in [-0.1, -0.05) is 37.3 Å². The number of ether oxygens (including phenoxy) is 1. The normalized spacial score (nSPS) is 23.6. The van der Waals surface area contributed by atoms with Gasteiger partial charge in [-0.25, -0.2) is 4.39 Å². The zero-order chi connectivity index (χ0) is 14.8. The Morgan fingerprint density at radius 2 is 2.00 bits per heavy atom. The Balaban J connectivity index is 2.07. The van der Waals surface area contributed by atoms with Crippen LogP contribution in [0.3, 0.4) is 0 Å². The molecule has 0 aliphatic carbocycles. The van der Waals surface area contributed by atoms with Crippen LogP contribution in [-0.2, 0) is 4.74 Å². The summed E-state index contributed by atoms with van der Waals surface area (Å²) >= 11 is 0. The molecule has 1 aliphatic heterocycles. The highest BCUT2D eigenvalue weighted by Gasteiger charge is 2.34. The second-order valence-electron chi connectivity index (χ2n) is 5.72. The molecule has 1 heterocycles. The highest BCUT2D eigenvalue weighted by atomic mass is 19.1. The first kappa shape index (κ1) is 14.5. The van der Waals surface area contributed by atoms with Crippen molar-refractivity contribution >= 4 is 10.8 Å². The molecule has 3 rings (SSSR count). The summed E-state index contributed by atoms with van der Waals surface area (Å²) in [5.41, 5.74) is 1.17. The molecular formula is C18H22FNO. The van der Waals surface area contributed by atoms with E-state index in [1.165, 1.54) is 5.56 Å². The summed E-state index contributed by atoms with van der Waals surface area (Å²) < 4.78 is 19.8. The SMILES string of the molecule is CCC1OCCC1C(NC)c1ccc(F)c2ccccc12. The molecule has 2 aromatic rings. The maximum atomic E-state index is 14.0. The van der Waals surface area contributed by atoms with E-state index in [9.17, 15) is 4.39 Å².